The molecule has 0 saturated heterocycles. The van der Waals surface area contributed by atoms with Gasteiger partial charge in [-0.2, -0.15) is 5.10 Å². The van der Waals surface area contributed by atoms with Crippen molar-refractivity contribution in [2.45, 2.75) is 13.0 Å². The van der Waals surface area contributed by atoms with E-state index in [2.05, 4.69) is 10.1 Å². The maximum Gasteiger partial charge on any atom is 0.249 e. The van der Waals surface area contributed by atoms with Crippen LogP contribution in [-0.4, -0.2) is 21.6 Å². The summed E-state index contributed by atoms with van der Waals surface area (Å²) in [6.07, 6.45) is 2.08. The minimum Gasteiger partial charge on any atom is -0.272 e. The van der Waals surface area contributed by atoms with Gasteiger partial charge in [0.25, 0.3) is 0 Å². The van der Waals surface area contributed by atoms with E-state index in [1.807, 2.05) is 48.5 Å². The molecule has 1 aliphatic rings. The van der Waals surface area contributed by atoms with Crippen molar-refractivity contribution in [3.05, 3.63) is 66.0 Å². The maximum absolute atomic E-state index is 11.9. The van der Waals surface area contributed by atoms with Crippen LogP contribution in [0.3, 0.4) is 0 Å². The third kappa shape index (κ3) is 2.52. The normalized spacial score (nSPS) is 14.6. The van der Waals surface area contributed by atoms with Gasteiger partial charge in [0.15, 0.2) is 0 Å². The van der Waals surface area contributed by atoms with Gasteiger partial charge in [-0.05, 0) is 17.7 Å². The van der Waals surface area contributed by atoms with Crippen molar-refractivity contribution < 1.29 is 4.79 Å². The summed E-state index contributed by atoms with van der Waals surface area (Å²) in [5, 5.41) is 5.89. The number of carbonyl (C=O) groups excluding carboxylic acids is 1. The van der Waals surface area contributed by atoms with E-state index in [0.717, 1.165) is 17.0 Å². The van der Waals surface area contributed by atoms with Gasteiger partial charge in [-0.15, -0.1) is 0 Å². The molecule has 0 saturated carbocycles. The first-order valence-corrected chi connectivity index (χ1v) is 6.16. The zero-order valence-electron chi connectivity index (χ0n) is 10.4. The first-order chi connectivity index (χ1) is 9.33. The highest BCUT2D eigenvalue weighted by molar-refractivity contribution is 6.13. The first-order valence-electron chi connectivity index (χ1n) is 6.16. The number of carbonyl (C=O) groups is 1. The Kier molecular flexibility index (Phi) is 3.06. The van der Waals surface area contributed by atoms with Crippen LogP contribution in [0.1, 0.15) is 17.7 Å². The fourth-order valence-electron chi connectivity index (χ4n) is 2.03. The zero-order chi connectivity index (χ0) is 13.1. The molecule has 1 aromatic heterocycles. The summed E-state index contributed by atoms with van der Waals surface area (Å²) in [7, 11) is 0. The molecule has 0 spiro atoms. The molecule has 2 aromatic rings. The molecular formula is C15H13N3O. The largest absolute Gasteiger partial charge is 0.272 e. The number of hydrazone groups is 1. The van der Waals surface area contributed by atoms with Crippen molar-refractivity contribution in [2.24, 2.45) is 5.10 Å². The van der Waals surface area contributed by atoms with E-state index >= 15 is 0 Å². The van der Waals surface area contributed by atoms with Crippen molar-refractivity contribution in [3.63, 3.8) is 0 Å². The van der Waals surface area contributed by atoms with E-state index in [0.29, 0.717) is 13.0 Å². The average molecular weight is 251 g/mol. The molecule has 4 nitrogen and oxygen atoms in total. The second-order valence-corrected chi connectivity index (χ2v) is 4.36. The van der Waals surface area contributed by atoms with E-state index in [9.17, 15) is 4.79 Å². The molecule has 0 bridgehead atoms. The maximum atomic E-state index is 11.9. The van der Waals surface area contributed by atoms with Crippen molar-refractivity contribution in [1.29, 1.82) is 0 Å². The lowest BCUT2D eigenvalue weighted by Gasteiger charge is -2.10. The van der Waals surface area contributed by atoms with Crippen molar-refractivity contribution in [1.82, 2.24) is 9.99 Å². The smallest absolute Gasteiger partial charge is 0.249 e. The van der Waals surface area contributed by atoms with Crippen LogP contribution in [0, 0.1) is 0 Å². The number of hydrogen-bond acceptors (Lipinski definition) is 3. The van der Waals surface area contributed by atoms with Crippen LogP contribution in [0.5, 0.6) is 0 Å². The number of hydrogen-bond donors (Lipinski definition) is 0. The zero-order valence-corrected chi connectivity index (χ0v) is 10.4. The average Bonchev–Trinajstić information content (AvgIpc) is 2.82. The lowest BCUT2D eigenvalue weighted by atomic mass is 10.1. The molecule has 0 aliphatic carbocycles. The molecule has 0 N–H and O–H groups in total. The SMILES string of the molecule is O=C1CC(c2ccccc2)=NN1Cc1ccccn1. The summed E-state index contributed by atoms with van der Waals surface area (Å²) >= 11 is 0. The van der Waals surface area contributed by atoms with Gasteiger partial charge in [0.2, 0.25) is 5.91 Å². The molecule has 0 unspecified atom stereocenters. The van der Waals surface area contributed by atoms with Crippen molar-refractivity contribution in [2.75, 3.05) is 0 Å². The number of pyridine rings is 1. The van der Waals surface area contributed by atoms with Crippen molar-refractivity contribution in [3.8, 4) is 0 Å². The Morgan fingerprint density at radius 1 is 1.05 bits per heavy atom. The molecule has 1 aromatic carbocycles. The van der Waals surface area contributed by atoms with Gasteiger partial charge in [-0.1, -0.05) is 36.4 Å². The fourth-order valence-corrected chi connectivity index (χ4v) is 2.03. The van der Waals surface area contributed by atoms with Crippen LogP contribution in [-0.2, 0) is 11.3 Å². The molecule has 94 valence electrons. The predicted molar refractivity (Wildman–Crippen MR) is 72.4 cm³/mol. The van der Waals surface area contributed by atoms with Gasteiger partial charge >= 0.3 is 0 Å². The van der Waals surface area contributed by atoms with Gasteiger partial charge in [0, 0.05) is 6.20 Å². The Labute approximate surface area is 111 Å². The number of nitrogens with zero attached hydrogens (tertiary/aromatic N) is 3. The monoisotopic (exact) mass is 251 g/mol. The molecule has 0 radical (unpaired) electrons. The lowest BCUT2D eigenvalue weighted by Crippen LogP contribution is -2.20. The fraction of sp³-hybridized carbons (Fsp3) is 0.133. The van der Waals surface area contributed by atoms with E-state index < -0.39 is 0 Å². The highest BCUT2D eigenvalue weighted by atomic mass is 16.2. The molecule has 1 aliphatic heterocycles. The number of benzene rings is 1. The van der Waals surface area contributed by atoms with E-state index in [1.54, 1.807) is 6.20 Å². The highest BCUT2D eigenvalue weighted by Crippen LogP contribution is 2.16. The summed E-state index contributed by atoms with van der Waals surface area (Å²) in [5.41, 5.74) is 2.66. The third-order valence-corrected chi connectivity index (χ3v) is 2.99. The quantitative estimate of drug-likeness (QED) is 0.839. The Morgan fingerprint density at radius 2 is 1.84 bits per heavy atom. The molecule has 3 rings (SSSR count). The van der Waals surface area contributed by atoms with Crippen LogP contribution in [0.2, 0.25) is 0 Å². The molecule has 1 amide bonds. The number of rotatable bonds is 3. The van der Waals surface area contributed by atoms with Gasteiger partial charge in [-0.3, -0.25) is 9.78 Å². The van der Waals surface area contributed by atoms with Crippen LogP contribution < -0.4 is 0 Å². The molecule has 19 heavy (non-hydrogen) atoms. The Morgan fingerprint density at radius 3 is 2.58 bits per heavy atom. The summed E-state index contributed by atoms with van der Waals surface area (Å²) in [6, 6.07) is 15.4. The summed E-state index contributed by atoms with van der Waals surface area (Å²) in [4.78, 5) is 16.2. The number of amides is 1. The third-order valence-electron chi connectivity index (χ3n) is 2.99. The van der Waals surface area contributed by atoms with E-state index in [1.165, 1.54) is 5.01 Å². The van der Waals surface area contributed by atoms with Gasteiger partial charge in [0.05, 0.1) is 24.4 Å². The standard InChI is InChI=1S/C15H13N3O/c19-15-10-14(12-6-2-1-3-7-12)17-18(15)11-13-8-4-5-9-16-13/h1-9H,10-11H2. The van der Waals surface area contributed by atoms with Gasteiger partial charge in [-0.25, -0.2) is 5.01 Å². The molecule has 0 fully saturated rings. The molecule has 4 heteroatoms. The Balaban J connectivity index is 1.80. The van der Waals surface area contributed by atoms with Crippen LogP contribution in [0.4, 0.5) is 0 Å². The van der Waals surface area contributed by atoms with Crippen LogP contribution >= 0.6 is 0 Å². The van der Waals surface area contributed by atoms with Gasteiger partial charge in [0.1, 0.15) is 0 Å². The van der Waals surface area contributed by atoms with Crippen LogP contribution in [0.15, 0.2) is 59.8 Å². The lowest BCUT2D eigenvalue weighted by molar-refractivity contribution is -0.129. The van der Waals surface area contributed by atoms with E-state index in [4.69, 9.17) is 0 Å². The second kappa shape index (κ2) is 5.02. The first kappa shape index (κ1) is 11.6. The minimum atomic E-state index is 0.0181. The Bertz CT molecular complexity index is 608. The summed E-state index contributed by atoms with van der Waals surface area (Å²) in [5.74, 6) is 0.0181. The number of aromatic nitrogens is 1. The van der Waals surface area contributed by atoms with Gasteiger partial charge < -0.3 is 0 Å². The molecule has 0 atom stereocenters. The van der Waals surface area contributed by atoms with Crippen molar-refractivity contribution >= 4 is 11.6 Å². The highest BCUT2D eigenvalue weighted by Gasteiger charge is 2.24. The van der Waals surface area contributed by atoms with E-state index in [-0.39, 0.29) is 5.91 Å². The Hall–Kier alpha value is -2.49. The topological polar surface area (TPSA) is 45.6 Å². The van der Waals surface area contributed by atoms with Crippen LogP contribution in [0.25, 0.3) is 0 Å². The molecule has 2 heterocycles. The minimum absolute atomic E-state index is 0.0181. The molecular weight excluding hydrogens is 238 g/mol. The summed E-state index contributed by atoms with van der Waals surface area (Å²) in [6.45, 7) is 0.427. The predicted octanol–water partition coefficient (Wildman–Crippen LogP) is 2.22. The summed E-state index contributed by atoms with van der Waals surface area (Å²) < 4.78 is 0. The second-order valence-electron chi connectivity index (χ2n) is 4.36.